The van der Waals surface area contributed by atoms with Gasteiger partial charge < -0.3 is 29.6 Å². The van der Waals surface area contributed by atoms with Crippen molar-refractivity contribution in [3.63, 3.8) is 0 Å². The Kier molecular flexibility index (Phi) is 12.4. The lowest BCUT2D eigenvalue weighted by atomic mass is 10.1. The van der Waals surface area contributed by atoms with Crippen LogP contribution in [0.25, 0.3) is 0 Å². The molecule has 2 N–H and O–H groups in total. The zero-order valence-corrected chi connectivity index (χ0v) is 17.6. The first kappa shape index (κ1) is 23.6. The van der Waals surface area contributed by atoms with E-state index in [9.17, 15) is 4.79 Å². The zero-order chi connectivity index (χ0) is 20.6. The molecule has 0 aromatic heterocycles. The van der Waals surface area contributed by atoms with Crippen LogP contribution in [-0.2, 0) is 18.9 Å². The maximum atomic E-state index is 12.0. The Balaban J connectivity index is 1.42. The standard InChI is InChI=1S/C22H36N2O5/c1-2-3-10-24-20-6-4-19(5-7-20)22(25)29-18-16-27-14-13-26-15-17-28-21-8-11-23-12-9-21/h4-7,21,23-24H,2-3,8-18H2,1H3. The molecule has 0 amide bonds. The van der Waals surface area contributed by atoms with Crippen molar-refractivity contribution in [2.24, 2.45) is 0 Å². The van der Waals surface area contributed by atoms with Crippen molar-refractivity contribution in [2.45, 2.75) is 38.7 Å². The van der Waals surface area contributed by atoms with Crippen LogP contribution in [0, 0.1) is 0 Å². The number of carbonyl (C=O) groups is 1. The van der Waals surface area contributed by atoms with Gasteiger partial charge in [-0.1, -0.05) is 13.3 Å². The van der Waals surface area contributed by atoms with Crippen LogP contribution in [0.3, 0.4) is 0 Å². The molecule has 7 heteroatoms. The van der Waals surface area contributed by atoms with Crippen molar-refractivity contribution in [2.75, 3.05) is 64.6 Å². The van der Waals surface area contributed by atoms with E-state index in [0.717, 1.165) is 51.0 Å². The Labute approximate surface area is 174 Å². The highest BCUT2D eigenvalue weighted by Gasteiger charge is 2.12. The van der Waals surface area contributed by atoms with Crippen molar-refractivity contribution < 1.29 is 23.7 Å². The second kappa shape index (κ2) is 15.2. The summed E-state index contributed by atoms with van der Waals surface area (Å²) < 4.78 is 21.9. The van der Waals surface area contributed by atoms with E-state index in [1.165, 1.54) is 0 Å². The average Bonchev–Trinajstić information content (AvgIpc) is 2.76. The quantitative estimate of drug-likeness (QED) is 0.341. The molecule has 2 rings (SSSR count). The summed E-state index contributed by atoms with van der Waals surface area (Å²) >= 11 is 0. The Bertz CT molecular complexity index is 547. The molecular formula is C22H36N2O5. The van der Waals surface area contributed by atoms with Crippen LogP contribution in [0.2, 0.25) is 0 Å². The minimum Gasteiger partial charge on any atom is -0.460 e. The summed E-state index contributed by atoms with van der Waals surface area (Å²) in [4.78, 5) is 12.0. The minimum atomic E-state index is -0.333. The summed E-state index contributed by atoms with van der Waals surface area (Å²) in [6.07, 6.45) is 4.78. The molecule has 29 heavy (non-hydrogen) atoms. The molecule has 0 aliphatic carbocycles. The van der Waals surface area contributed by atoms with Gasteiger partial charge in [-0.05, 0) is 56.6 Å². The first-order chi connectivity index (χ1) is 14.3. The van der Waals surface area contributed by atoms with Gasteiger partial charge in [0.25, 0.3) is 0 Å². The van der Waals surface area contributed by atoms with Crippen molar-refractivity contribution in [3.05, 3.63) is 29.8 Å². The van der Waals surface area contributed by atoms with Gasteiger partial charge in [-0.15, -0.1) is 0 Å². The molecule has 0 radical (unpaired) electrons. The first-order valence-electron chi connectivity index (χ1n) is 10.8. The number of rotatable bonds is 15. The SMILES string of the molecule is CCCCNc1ccc(C(=O)OCCOCCOCCOC2CCNCC2)cc1. The summed E-state index contributed by atoms with van der Waals surface area (Å²) in [6, 6.07) is 7.35. The Morgan fingerprint density at radius 1 is 1.00 bits per heavy atom. The molecule has 1 fully saturated rings. The van der Waals surface area contributed by atoms with Crippen LogP contribution < -0.4 is 10.6 Å². The van der Waals surface area contributed by atoms with E-state index in [1.807, 2.05) is 12.1 Å². The molecule has 1 heterocycles. The predicted octanol–water partition coefficient (Wildman–Crippen LogP) is 2.86. The topological polar surface area (TPSA) is 78.1 Å². The summed E-state index contributed by atoms with van der Waals surface area (Å²) in [6.45, 7) is 7.93. The highest BCUT2D eigenvalue weighted by molar-refractivity contribution is 5.89. The third-order valence-corrected chi connectivity index (χ3v) is 4.68. The van der Waals surface area contributed by atoms with Crippen LogP contribution >= 0.6 is 0 Å². The highest BCUT2D eigenvalue weighted by atomic mass is 16.6. The lowest BCUT2D eigenvalue weighted by Crippen LogP contribution is -2.33. The smallest absolute Gasteiger partial charge is 0.338 e. The molecule has 1 aliphatic heterocycles. The van der Waals surface area contributed by atoms with Crippen molar-refractivity contribution in [3.8, 4) is 0 Å². The number of carbonyl (C=O) groups excluding carboxylic acids is 1. The number of hydrogen-bond donors (Lipinski definition) is 2. The fourth-order valence-electron chi connectivity index (χ4n) is 2.97. The highest BCUT2D eigenvalue weighted by Crippen LogP contribution is 2.11. The van der Waals surface area contributed by atoms with Gasteiger partial charge in [0, 0.05) is 12.2 Å². The second-order valence-corrected chi connectivity index (χ2v) is 7.04. The molecule has 1 saturated heterocycles. The maximum absolute atomic E-state index is 12.0. The van der Waals surface area contributed by atoms with Crippen LogP contribution in [-0.4, -0.2) is 71.3 Å². The molecule has 1 aromatic carbocycles. The van der Waals surface area contributed by atoms with Crippen LogP contribution in [0.15, 0.2) is 24.3 Å². The normalized spacial score (nSPS) is 14.7. The van der Waals surface area contributed by atoms with Gasteiger partial charge in [0.05, 0.1) is 44.7 Å². The monoisotopic (exact) mass is 408 g/mol. The first-order valence-corrected chi connectivity index (χ1v) is 10.8. The van der Waals surface area contributed by atoms with Gasteiger partial charge >= 0.3 is 5.97 Å². The van der Waals surface area contributed by atoms with E-state index >= 15 is 0 Å². The fraction of sp³-hybridized carbons (Fsp3) is 0.682. The summed E-state index contributed by atoms with van der Waals surface area (Å²) in [5, 5.41) is 6.63. The molecule has 1 aliphatic rings. The number of benzene rings is 1. The molecule has 0 bridgehead atoms. The number of anilines is 1. The fourth-order valence-corrected chi connectivity index (χ4v) is 2.97. The van der Waals surface area contributed by atoms with E-state index in [1.54, 1.807) is 12.1 Å². The molecule has 1 aromatic rings. The van der Waals surface area contributed by atoms with E-state index < -0.39 is 0 Å². The Morgan fingerprint density at radius 2 is 1.66 bits per heavy atom. The van der Waals surface area contributed by atoms with Gasteiger partial charge in [0.2, 0.25) is 0 Å². The molecule has 0 atom stereocenters. The number of piperidine rings is 1. The molecule has 164 valence electrons. The molecule has 7 nitrogen and oxygen atoms in total. The average molecular weight is 409 g/mol. The van der Waals surface area contributed by atoms with Gasteiger partial charge in [0.1, 0.15) is 6.61 Å². The molecular weight excluding hydrogens is 372 g/mol. The third-order valence-electron chi connectivity index (χ3n) is 4.68. The number of nitrogens with one attached hydrogen (secondary N) is 2. The van der Waals surface area contributed by atoms with Crippen molar-refractivity contribution in [1.29, 1.82) is 0 Å². The molecule has 0 unspecified atom stereocenters. The predicted molar refractivity (Wildman–Crippen MR) is 114 cm³/mol. The number of unbranched alkanes of at least 4 members (excludes halogenated alkanes) is 1. The van der Waals surface area contributed by atoms with E-state index in [2.05, 4.69) is 17.6 Å². The number of hydrogen-bond acceptors (Lipinski definition) is 7. The number of ether oxygens (including phenoxy) is 4. The van der Waals surface area contributed by atoms with Crippen LogP contribution in [0.4, 0.5) is 5.69 Å². The van der Waals surface area contributed by atoms with Crippen molar-refractivity contribution in [1.82, 2.24) is 5.32 Å². The van der Waals surface area contributed by atoms with E-state index in [4.69, 9.17) is 18.9 Å². The summed E-state index contributed by atoms with van der Waals surface area (Å²) in [5.74, 6) is -0.333. The zero-order valence-electron chi connectivity index (χ0n) is 17.6. The minimum absolute atomic E-state index is 0.230. The second-order valence-electron chi connectivity index (χ2n) is 7.04. The van der Waals surface area contributed by atoms with E-state index in [-0.39, 0.29) is 12.6 Å². The van der Waals surface area contributed by atoms with Gasteiger partial charge in [0.15, 0.2) is 0 Å². The summed E-state index contributed by atoms with van der Waals surface area (Å²) in [5.41, 5.74) is 1.56. The lowest BCUT2D eigenvalue weighted by Gasteiger charge is -2.22. The largest absolute Gasteiger partial charge is 0.460 e. The number of esters is 1. The van der Waals surface area contributed by atoms with Crippen LogP contribution in [0.5, 0.6) is 0 Å². The Hall–Kier alpha value is -1.67. The molecule has 0 spiro atoms. The van der Waals surface area contributed by atoms with Gasteiger partial charge in [-0.3, -0.25) is 0 Å². The lowest BCUT2D eigenvalue weighted by molar-refractivity contribution is -0.0236. The molecule has 0 saturated carbocycles. The van der Waals surface area contributed by atoms with Gasteiger partial charge in [-0.25, -0.2) is 4.79 Å². The van der Waals surface area contributed by atoms with Gasteiger partial charge in [-0.2, -0.15) is 0 Å². The summed E-state index contributed by atoms with van der Waals surface area (Å²) in [7, 11) is 0. The van der Waals surface area contributed by atoms with Crippen LogP contribution in [0.1, 0.15) is 43.0 Å². The van der Waals surface area contributed by atoms with Crippen molar-refractivity contribution >= 4 is 11.7 Å². The Morgan fingerprint density at radius 3 is 2.34 bits per heavy atom. The third kappa shape index (κ3) is 10.6. The van der Waals surface area contributed by atoms with E-state index in [0.29, 0.717) is 44.7 Å². The maximum Gasteiger partial charge on any atom is 0.338 e.